The number of carbonyl (C=O) groups is 1. The van der Waals surface area contributed by atoms with Crippen LogP contribution in [0.5, 0.6) is 0 Å². The lowest BCUT2D eigenvalue weighted by atomic mass is 9.96. The molecule has 1 aliphatic heterocycles. The summed E-state index contributed by atoms with van der Waals surface area (Å²) in [5, 5.41) is 7.51. The maximum absolute atomic E-state index is 12.2. The van der Waals surface area contributed by atoms with E-state index in [0.29, 0.717) is 6.54 Å². The molecule has 0 spiro atoms. The van der Waals surface area contributed by atoms with Crippen molar-refractivity contribution in [3.63, 3.8) is 0 Å². The molecule has 2 atom stereocenters. The fourth-order valence-electron chi connectivity index (χ4n) is 2.51. The van der Waals surface area contributed by atoms with Crippen LogP contribution in [0.1, 0.15) is 26.2 Å². The first-order valence-corrected chi connectivity index (χ1v) is 6.07. The zero-order valence-electron chi connectivity index (χ0n) is 10.1. The van der Waals surface area contributed by atoms with Gasteiger partial charge in [0.15, 0.2) is 0 Å². The summed E-state index contributed by atoms with van der Waals surface area (Å²) in [6.07, 6.45) is 6.48. The van der Waals surface area contributed by atoms with Gasteiger partial charge in [-0.1, -0.05) is 5.21 Å². The van der Waals surface area contributed by atoms with Gasteiger partial charge in [-0.25, -0.2) is 4.68 Å². The minimum Gasteiger partial charge on any atom is -0.334 e. The van der Waals surface area contributed by atoms with Crippen molar-refractivity contribution >= 4 is 5.91 Å². The number of nitrogens with two attached hydrogens (primary N) is 1. The highest BCUT2D eigenvalue weighted by molar-refractivity contribution is 5.76. The van der Waals surface area contributed by atoms with Crippen molar-refractivity contribution in [1.82, 2.24) is 19.9 Å². The van der Waals surface area contributed by atoms with E-state index in [4.69, 9.17) is 5.73 Å². The van der Waals surface area contributed by atoms with Crippen LogP contribution >= 0.6 is 0 Å². The van der Waals surface area contributed by atoms with E-state index in [0.717, 1.165) is 19.3 Å². The molecule has 6 heteroatoms. The summed E-state index contributed by atoms with van der Waals surface area (Å²) in [5.74, 6) is 0.0816. The van der Waals surface area contributed by atoms with Crippen LogP contribution in [0.2, 0.25) is 0 Å². The highest BCUT2D eigenvalue weighted by Crippen LogP contribution is 2.22. The molecule has 2 rings (SSSR count). The lowest BCUT2D eigenvalue weighted by Gasteiger charge is -2.40. The molecule has 0 radical (unpaired) electrons. The lowest BCUT2D eigenvalue weighted by molar-refractivity contribution is -0.138. The van der Waals surface area contributed by atoms with E-state index < -0.39 is 0 Å². The van der Waals surface area contributed by atoms with E-state index in [1.165, 1.54) is 0 Å². The molecule has 6 nitrogen and oxygen atoms in total. The molecule has 0 bridgehead atoms. The van der Waals surface area contributed by atoms with Gasteiger partial charge in [-0.05, 0) is 26.2 Å². The molecule has 2 unspecified atom stereocenters. The van der Waals surface area contributed by atoms with Crippen molar-refractivity contribution in [3.8, 4) is 0 Å². The number of rotatable bonds is 3. The Morgan fingerprint density at radius 3 is 3.00 bits per heavy atom. The Morgan fingerprint density at radius 2 is 2.35 bits per heavy atom. The number of hydrogen-bond donors (Lipinski definition) is 1. The molecule has 17 heavy (non-hydrogen) atoms. The topological polar surface area (TPSA) is 77.0 Å². The van der Waals surface area contributed by atoms with E-state index in [-0.39, 0.29) is 24.5 Å². The molecule has 2 N–H and O–H groups in total. The molecular formula is C11H19N5O. The molecule has 1 aromatic heterocycles. The van der Waals surface area contributed by atoms with E-state index in [9.17, 15) is 4.79 Å². The highest BCUT2D eigenvalue weighted by atomic mass is 16.2. The number of hydrogen-bond acceptors (Lipinski definition) is 4. The van der Waals surface area contributed by atoms with Crippen LogP contribution in [-0.4, -0.2) is 44.4 Å². The monoisotopic (exact) mass is 237 g/mol. The minimum atomic E-state index is 0.0816. The van der Waals surface area contributed by atoms with Crippen LogP contribution in [0, 0.1) is 0 Å². The first kappa shape index (κ1) is 12.0. The van der Waals surface area contributed by atoms with Crippen LogP contribution in [0.25, 0.3) is 0 Å². The van der Waals surface area contributed by atoms with E-state index >= 15 is 0 Å². The summed E-state index contributed by atoms with van der Waals surface area (Å²) in [6, 6.07) is 0.447. The van der Waals surface area contributed by atoms with E-state index in [2.05, 4.69) is 17.2 Å². The Kier molecular flexibility index (Phi) is 3.73. The van der Waals surface area contributed by atoms with Gasteiger partial charge >= 0.3 is 0 Å². The Bertz CT molecular complexity index is 364. The van der Waals surface area contributed by atoms with Gasteiger partial charge in [-0.2, -0.15) is 0 Å². The predicted octanol–water partition coefficient (Wildman–Crippen LogP) is 0.00640. The largest absolute Gasteiger partial charge is 0.334 e. The van der Waals surface area contributed by atoms with Gasteiger partial charge < -0.3 is 10.6 Å². The average molecular weight is 237 g/mol. The minimum absolute atomic E-state index is 0.0816. The highest BCUT2D eigenvalue weighted by Gasteiger charge is 2.30. The number of amides is 1. The zero-order valence-corrected chi connectivity index (χ0v) is 10.1. The molecule has 1 aromatic rings. The Labute approximate surface area is 101 Å². The van der Waals surface area contributed by atoms with E-state index in [1.807, 2.05) is 4.90 Å². The van der Waals surface area contributed by atoms with Crippen molar-refractivity contribution in [2.75, 3.05) is 6.54 Å². The fourth-order valence-corrected chi connectivity index (χ4v) is 2.51. The third-order valence-corrected chi connectivity index (χ3v) is 3.36. The molecule has 0 saturated carbocycles. The quantitative estimate of drug-likeness (QED) is 0.803. The first-order valence-electron chi connectivity index (χ1n) is 6.07. The van der Waals surface area contributed by atoms with Crippen molar-refractivity contribution in [3.05, 3.63) is 12.4 Å². The third kappa shape index (κ3) is 2.63. The van der Waals surface area contributed by atoms with Crippen molar-refractivity contribution in [1.29, 1.82) is 0 Å². The summed E-state index contributed by atoms with van der Waals surface area (Å²) in [4.78, 5) is 14.1. The fraction of sp³-hybridized carbons (Fsp3) is 0.727. The number of nitrogens with zero attached hydrogens (tertiary/aromatic N) is 4. The van der Waals surface area contributed by atoms with Crippen LogP contribution in [0.15, 0.2) is 12.4 Å². The van der Waals surface area contributed by atoms with Crippen molar-refractivity contribution in [2.24, 2.45) is 5.73 Å². The van der Waals surface area contributed by atoms with E-state index in [1.54, 1.807) is 17.1 Å². The second kappa shape index (κ2) is 5.27. The van der Waals surface area contributed by atoms with Gasteiger partial charge in [0.2, 0.25) is 5.91 Å². The SMILES string of the molecule is CC1CCCC(CN)N1C(=O)Cn1ccnn1. The smallest absolute Gasteiger partial charge is 0.244 e. The first-order chi connectivity index (χ1) is 8.22. The maximum atomic E-state index is 12.2. The average Bonchev–Trinajstić information content (AvgIpc) is 2.81. The molecule has 1 amide bonds. The maximum Gasteiger partial charge on any atom is 0.244 e. The zero-order chi connectivity index (χ0) is 12.3. The Morgan fingerprint density at radius 1 is 1.53 bits per heavy atom. The summed E-state index contributed by atoms with van der Waals surface area (Å²) < 4.78 is 1.55. The molecule has 1 fully saturated rings. The lowest BCUT2D eigenvalue weighted by Crippen LogP contribution is -2.52. The van der Waals surface area contributed by atoms with Crippen LogP contribution < -0.4 is 5.73 Å². The predicted molar refractivity (Wildman–Crippen MR) is 63.0 cm³/mol. The molecular weight excluding hydrogens is 218 g/mol. The number of carbonyl (C=O) groups excluding carboxylic acids is 1. The molecule has 0 aliphatic carbocycles. The van der Waals surface area contributed by atoms with Gasteiger partial charge in [0.25, 0.3) is 0 Å². The summed E-state index contributed by atoms with van der Waals surface area (Å²) >= 11 is 0. The summed E-state index contributed by atoms with van der Waals surface area (Å²) in [6.45, 7) is 2.87. The standard InChI is InChI=1S/C11H19N5O/c1-9-3-2-4-10(7-12)16(9)11(17)8-15-6-5-13-14-15/h5-6,9-10H,2-4,7-8,12H2,1H3. The second-order valence-electron chi connectivity index (χ2n) is 4.57. The van der Waals surface area contributed by atoms with Crippen LogP contribution in [0.3, 0.4) is 0 Å². The molecule has 94 valence electrons. The van der Waals surface area contributed by atoms with Crippen LogP contribution in [0.4, 0.5) is 0 Å². The van der Waals surface area contributed by atoms with Crippen molar-refractivity contribution in [2.45, 2.75) is 44.8 Å². The van der Waals surface area contributed by atoms with Gasteiger partial charge in [0.05, 0.1) is 6.20 Å². The number of piperidine rings is 1. The van der Waals surface area contributed by atoms with Gasteiger partial charge in [0, 0.05) is 24.8 Å². The second-order valence-corrected chi connectivity index (χ2v) is 4.57. The van der Waals surface area contributed by atoms with Crippen LogP contribution in [-0.2, 0) is 11.3 Å². The molecule has 1 saturated heterocycles. The molecule has 0 aromatic carbocycles. The number of likely N-dealkylation sites (tertiary alicyclic amines) is 1. The van der Waals surface area contributed by atoms with Gasteiger partial charge in [-0.15, -0.1) is 5.10 Å². The summed E-state index contributed by atoms with van der Waals surface area (Å²) in [7, 11) is 0. The molecule has 1 aliphatic rings. The third-order valence-electron chi connectivity index (χ3n) is 3.36. The van der Waals surface area contributed by atoms with Crippen molar-refractivity contribution < 1.29 is 4.79 Å². The number of aromatic nitrogens is 3. The summed E-state index contributed by atoms with van der Waals surface area (Å²) in [5.41, 5.74) is 5.74. The Hall–Kier alpha value is -1.43. The van der Waals surface area contributed by atoms with Gasteiger partial charge in [0.1, 0.15) is 6.54 Å². The Balaban J connectivity index is 2.05. The molecule has 2 heterocycles. The van der Waals surface area contributed by atoms with Gasteiger partial charge in [-0.3, -0.25) is 4.79 Å². The normalized spacial score (nSPS) is 24.9.